The van der Waals surface area contributed by atoms with Crippen LogP contribution >= 0.6 is 12.2 Å². The molecule has 0 saturated heterocycles. The Balaban J connectivity index is 3.43. The van der Waals surface area contributed by atoms with Gasteiger partial charge in [0.05, 0.1) is 0 Å². The molecule has 0 atom stereocenters. The Labute approximate surface area is 66.2 Å². The highest BCUT2D eigenvalue weighted by Gasteiger charge is 1.80. The summed E-state index contributed by atoms with van der Waals surface area (Å²) in [6.07, 6.45) is 5.32. The van der Waals surface area contributed by atoms with Crippen molar-refractivity contribution in [3.05, 3.63) is 12.2 Å². The van der Waals surface area contributed by atoms with Gasteiger partial charge in [0.1, 0.15) is 0 Å². The van der Waals surface area contributed by atoms with Gasteiger partial charge in [0, 0.05) is 13.3 Å². The summed E-state index contributed by atoms with van der Waals surface area (Å²) in [4.78, 5) is 0. The number of allylic oxidation sites excluding steroid dienone is 2. The van der Waals surface area contributed by atoms with Crippen LogP contribution in [0.4, 0.5) is 0 Å². The molecule has 0 aliphatic carbocycles. The van der Waals surface area contributed by atoms with Gasteiger partial charge in [-0.25, -0.2) is 0 Å². The first-order valence-corrected chi connectivity index (χ1v) is 3.34. The summed E-state index contributed by atoms with van der Waals surface area (Å²) in [5.74, 6) is 0. The van der Waals surface area contributed by atoms with Gasteiger partial charge in [-0.15, -0.1) is 0 Å². The monoisotopic (exact) mass is 157 g/mol. The molecule has 0 radical (unpaired) electrons. The molecule has 0 bridgehead atoms. The first kappa shape index (κ1) is 9.10. The van der Waals surface area contributed by atoms with Crippen molar-refractivity contribution in [1.82, 2.24) is 10.7 Å². The number of hydrogen-bond acceptors (Lipinski definition) is 2. The van der Waals surface area contributed by atoms with Gasteiger partial charge >= 0.3 is 0 Å². The molecule has 0 fully saturated rings. The third-order valence-corrected chi connectivity index (χ3v) is 1.04. The van der Waals surface area contributed by atoms with Crippen LogP contribution in [0.3, 0.4) is 0 Å². The molecule has 0 aromatic carbocycles. The zero-order valence-corrected chi connectivity index (χ0v) is 6.90. The maximum absolute atomic E-state index is 4.74. The lowest BCUT2D eigenvalue weighted by Crippen LogP contribution is -2.28. The van der Waals surface area contributed by atoms with E-state index in [0.29, 0.717) is 5.11 Å². The quantitative estimate of drug-likeness (QED) is 0.351. The Bertz CT molecular complexity index is 151. The SMILES string of the molecule is C/C=C/C=N/NC(=S)NC. The lowest BCUT2D eigenvalue weighted by atomic mass is 10.6. The predicted octanol–water partition coefficient (Wildman–Crippen LogP) is 0.642. The second-order valence-electron chi connectivity index (χ2n) is 1.49. The van der Waals surface area contributed by atoms with E-state index in [1.807, 2.05) is 19.1 Å². The zero-order chi connectivity index (χ0) is 7.82. The third-order valence-electron chi connectivity index (χ3n) is 0.746. The fraction of sp³-hybridized carbons (Fsp3) is 0.333. The molecule has 0 amide bonds. The number of hydrazone groups is 1. The second kappa shape index (κ2) is 6.22. The molecule has 2 N–H and O–H groups in total. The molecular weight excluding hydrogens is 146 g/mol. The Morgan fingerprint density at radius 3 is 2.80 bits per heavy atom. The van der Waals surface area contributed by atoms with E-state index in [0.717, 1.165) is 0 Å². The van der Waals surface area contributed by atoms with Crippen molar-refractivity contribution in [3.8, 4) is 0 Å². The fourth-order valence-electron chi connectivity index (χ4n) is 0.281. The molecule has 0 aromatic heterocycles. The van der Waals surface area contributed by atoms with Gasteiger partial charge in [-0.1, -0.05) is 6.08 Å². The highest BCUT2D eigenvalue weighted by molar-refractivity contribution is 7.80. The standard InChI is InChI=1S/C6H11N3S/c1-3-4-5-8-9-6(10)7-2/h3-5H,1-2H3,(H2,7,9,10)/b4-3+,8-5+. The number of thiocarbonyl (C=S) groups is 1. The number of hydrogen-bond donors (Lipinski definition) is 2. The summed E-state index contributed by atoms with van der Waals surface area (Å²) in [7, 11) is 1.74. The van der Waals surface area contributed by atoms with Gasteiger partial charge in [0.15, 0.2) is 5.11 Å². The molecule has 4 heteroatoms. The van der Waals surface area contributed by atoms with E-state index in [1.54, 1.807) is 13.3 Å². The van der Waals surface area contributed by atoms with Crippen LogP contribution in [-0.4, -0.2) is 18.4 Å². The van der Waals surface area contributed by atoms with E-state index in [-0.39, 0.29) is 0 Å². The van der Waals surface area contributed by atoms with Crippen molar-refractivity contribution < 1.29 is 0 Å². The Morgan fingerprint density at radius 2 is 2.30 bits per heavy atom. The summed E-state index contributed by atoms with van der Waals surface area (Å²) in [5.41, 5.74) is 2.61. The van der Waals surface area contributed by atoms with Crippen LogP contribution in [0.15, 0.2) is 17.3 Å². The molecule has 0 heterocycles. The van der Waals surface area contributed by atoms with Crippen LogP contribution in [0.2, 0.25) is 0 Å². The molecular formula is C6H11N3S. The number of nitrogens with one attached hydrogen (secondary N) is 2. The lowest BCUT2D eigenvalue weighted by molar-refractivity contribution is 0.983. The molecule has 0 rings (SSSR count). The van der Waals surface area contributed by atoms with Crippen molar-refractivity contribution in [2.45, 2.75) is 6.92 Å². The van der Waals surface area contributed by atoms with Crippen LogP contribution in [-0.2, 0) is 0 Å². The smallest absolute Gasteiger partial charge is 0.186 e. The molecule has 10 heavy (non-hydrogen) atoms. The molecule has 0 unspecified atom stereocenters. The summed E-state index contributed by atoms with van der Waals surface area (Å²) in [6, 6.07) is 0. The Kier molecular flexibility index (Phi) is 5.66. The Morgan fingerprint density at radius 1 is 1.60 bits per heavy atom. The summed E-state index contributed by atoms with van der Waals surface area (Å²) < 4.78 is 0. The molecule has 0 aliphatic rings. The van der Waals surface area contributed by atoms with Crippen LogP contribution < -0.4 is 10.7 Å². The highest BCUT2D eigenvalue weighted by atomic mass is 32.1. The van der Waals surface area contributed by atoms with Crippen molar-refractivity contribution in [1.29, 1.82) is 0 Å². The van der Waals surface area contributed by atoms with Gasteiger partial charge < -0.3 is 5.32 Å². The second-order valence-corrected chi connectivity index (χ2v) is 1.90. The van der Waals surface area contributed by atoms with Crippen molar-refractivity contribution in [2.24, 2.45) is 5.10 Å². The summed E-state index contributed by atoms with van der Waals surface area (Å²) >= 11 is 4.74. The molecule has 0 spiro atoms. The minimum absolute atomic E-state index is 0.515. The first-order chi connectivity index (χ1) is 4.81. The normalized spacial score (nSPS) is 10.6. The number of nitrogens with zero attached hydrogens (tertiary/aromatic N) is 1. The van der Waals surface area contributed by atoms with Crippen molar-refractivity contribution >= 4 is 23.5 Å². The topological polar surface area (TPSA) is 36.4 Å². The molecule has 0 saturated carbocycles. The van der Waals surface area contributed by atoms with Crippen LogP contribution in [0.1, 0.15) is 6.92 Å². The average molecular weight is 157 g/mol. The lowest BCUT2D eigenvalue weighted by Gasteiger charge is -1.97. The van der Waals surface area contributed by atoms with Gasteiger partial charge in [-0.2, -0.15) is 5.10 Å². The maximum atomic E-state index is 4.74. The maximum Gasteiger partial charge on any atom is 0.186 e. The van der Waals surface area contributed by atoms with Gasteiger partial charge in [0.25, 0.3) is 0 Å². The molecule has 56 valence electrons. The molecule has 3 nitrogen and oxygen atoms in total. The first-order valence-electron chi connectivity index (χ1n) is 2.93. The zero-order valence-electron chi connectivity index (χ0n) is 6.09. The van der Waals surface area contributed by atoms with Crippen molar-refractivity contribution in [3.63, 3.8) is 0 Å². The van der Waals surface area contributed by atoms with Gasteiger partial charge in [0.2, 0.25) is 0 Å². The van der Waals surface area contributed by atoms with Gasteiger partial charge in [-0.05, 0) is 25.2 Å². The van der Waals surface area contributed by atoms with Crippen LogP contribution in [0.25, 0.3) is 0 Å². The van der Waals surface area contributed by atoms with E-state index in [1.165, 1.54) is 0 Å². The van der Waals surface area contributed by atoms with E-state index in [4.69, 9.17) is 12.2 Å². The summed E-state index contributed by atoms with van der Waals surface area (Å²) in [6.45, 7) is 1.92. The minimum atomic E-state index is 0.515. The average Bonchev–Trinajstić information content (AvgIpc) is 1.98. The van der Waals surface area contributed by atoms with Gasteiger partial charge in [-0.3, -0.25) is 5.43 Å². The largest absolute Gasteiger partial charge is 0.364 e. The fourth-order valence-corrected chi connectivity index (χ4v) is 0.334. The number of rotatable bonds is 2. The third kappa shape index (κ3) is 5.24. The van der Waals surface area contributed by atoms with Crippen LogP contribution in [0.5, 0.6) is 0 Å². The van der Waals surface area contributed by atoms with Crippen molar-refractivity contribution in [2.75, 3.05) is 7.05 Å². The van der Waals surface area contributed by atoms with E-state index >= 15 is 0 Å². The highest BCUT2D eigenvalue weighted by Crippen LogP contribution is 1.65. The van der Waals surface area contributed by atoms with E-state index in [9.17, 15) is 0 Å². The van der Waals surface area contributed by atoms with E-state index in [2.05, 4.69) is 15.8 Å². The minimum Gasteiger partial charge on any atom is -0.364 e. The predicted molar refractivity (Wildman–Crippen MR) is 48.1 cm³/mol. The Hall–Kier alpha value is -0.900. The molecule has 0 aromatic rings. The van der Waals surface area contributed by atoms with E-state index < -0.39 is 0 Å². The molecule has 0 aliphatic heterocycles. The van der Waals surface area contributed by atoms with Crippen LogP contribution in [0, 0.1) is 0 Å². The summed E-state index contributed by atoms with van der Waals surface area (Å²) in [5, 5.41) is 7.01.